The number of nitrogen functional groups attached to an aromatic ring is 1. The number of aromatic nitrogens is 2. The van der Waals surface area contributed by atoms with E-state index < -0.39 is 0 Å². The number of para-hydroxylation sites is 1. The molecule has 0 spiro atoms. The second-order valence-electron chi connectivity index (χ2n) is 6.50. The molecule has 0 aliphatic carbocycles. The number of rotatable bonds is 8. The Morgan fingerprint density at radius 2 is 2.00 bits per heavy atom. The van der Waals surface area contributed by atoms with Gasteiger partial charge >= 0.3 is 0 Å². The average molecular weight is 407 g/mol. The summed E-state index contributed by atoms with van der Waals surface area (Å²) in [5.41, 5.74) is 7.92. The van der Waals surface area contributed by atoms with Gasteiger partial charge in [0.05, 0.1) is 23.6 Å². The fraction of sp³-hybridized carbons (Fsp3) is 0.227. The van der Waals surface area contributed by atoms with Crippen molar-refractivity contribution in [3.8, 4) is 17.5 Å². The minimum atomic E-state index is -0.369. The van der Waals surface area contributed by atoms with Gasteiger partial charge in [0.2, 0.25) is 0 Å². The summed E-state index contributed by atoms with van der Waals surface area (Å²) in [7, 11) is 0. The van der Waals surface area contributed by atoms with Crippen LogP contribution in [0, 0.1) is 17.1 Å². The lowest BCUT2D eigenvalue weighted by Gasteiger charge is -2.10. The first-order valence-electron chi connectivity index (χ1n) is 9.58. The van der Waals surface area contributed by atoms with E-state index in [4.69, 9.17) is 10.5 Å². The highest BCUT2D eigenvalue weighted by atomic mass is 19.1. The van der Waals surface area contributed by atoms with Gasteiger partial charge in [-0.25, -0.2) is 9.07 Å². The molecule has 0 unspecified atom stereocenters. The van der Waals surface area contributed by atoms with Gasteiger partial charge in [0, 0.05) is 6.54 Å². The van der Waals surface area contributed by atoms with Crippen LogP contribution in [0.5, 0.6) is 5.75 Å². The van der Waals surface area contributed by atoms with E-state index in [1.165, 1.54) is 16.8 Å². The van der Waals surface area contributed by atoms with Crippen molar-refractivity contribution in [3.05, 3.63) is 71.2 Å². The van der Waals surface area contributed by atoms with Crippen LogP contribution in [0.25, 0.3) is 5.69 Å². The summed E-state index contributed by atoms with van der Waals surface area (Å²) in [4.78, 5) is 12.4. The zero-order chi connectivity index (χ0) is 21.5. The lowest BCUT2D eigenvalue weighted by molar-refractivity contribution is 0.0949. The maximum absolute atomic E-state index is 13.2. The second kappa shape index (κ2) is 9.56. The molecule has 0 saturated carbocycles. The van der Waals surface area contributed by atoms with Gasteiger partial charge in [0.1, 0.15) is 29.0 Å². The summed E-state index contributed by atoms with van der Waals surface area (Å²) in [5, 5.41) is 16.7. The Morgan fingerprint density at radius 3 is 2.70 bits per heavy atom. The molecule has 0 saturated heterocycles. The molecule has 30 heavy (non-hydrogen) atoms. The Balaban J connectivity index is 1.64. The molecule has 0 fully saturated rings. The number of nitrogens with one attached hydrogen (secondary N) is 1. The van der Waals surface area contributed by atoms with Crippen molar-refractivity contribution in [2.75, 3.05) is 18.9 Å². The van der Waals surface area contributed by atoms with Crippen LogP contribution in [0.3, 0.4) is 0 Å². The number of amides is 1. The molecular formula is C22H22FN5O2. The van der Waals surface area contributed by atoms with Crippen LogP contribution in [0.4, 0.5) is 10.2 Å². The molecule has 3 aromatic rings. The van der Waals surface area contributed by atoms with Gasteiger partial charge < -0.3 is 15.8 Å². The third-order valence-corrected chi connectivity index (χ3v) is 4.48. The Labute approximate surface area is 173 Å². The summed E-state index contributed by atoms with van der Waals surface area (Å²) in [6.45, 7) is 2.73. The van der Waals surface area contributed by atoms with Crippen molar-refractivity contribution >= 4 is 11.7 Å². The van der Waals surface area contributed by atoms with Crippen molar-refractivity contribution in [3.63, 3.8) is 0 Å². The molecule has 1 heterocycles. The monoisotopic (exact) mass is 407 g/mol. The molecule has 3 N–H and O–H groups in total. The zero-order valence-electron chi connectivity index (χ0n) is 16.6. The lowest BCUT2D eigenvalue weighted by Crippen LogP contribution is -2.25. The molecule has 0 aliphatic rings. The first-order valence-corrected chi connectivity index (χ1v) is 9.58. The molecule has 0 atom stereocenters. The maximum Gasteiger partial charge on any atom is 0.255 e. The summed E-state index contributed by atoms with van der Waals surface area (Å²) in [5.74, 6) is 0.145. The lowest BCUT2D eigenvalue weighted by atomic mass is 10.1. The molecule has 7 nitrogen and oxygen atoms in total. The number of nitriles is 1. The van der Waals surface area contributed by atoms with Crippen molar-refractivity contribution in [2.24, 2.45) is 0 Å². The van der Waals surface area contributed by atoms with E-state index in [0.29, 0.717) is 48.7 Å². The molecule has 0 bridgehead atoms. The van der Waals surface area contributed by atoms with Crippen LogP contribution in [0.2, 0.25) is 0 Å². The van der Waals surface area contributed by atoms with Gasteiger partial charge in [-0.1, -0.05) is 12.1 Å². The first kappa shape index (κ1) is 20.9. The van der Waals surface area contributed by atoms with E-state index in [2.05, 4.69) is 16.5 Å². The largest absolute Gasteiger partial charge is 0.493 e. The molecule has 0 radical (unpaired) electrons. The van der Waals surface area contributed by atoms with Crippen molar-refractivity contribution in [2.45, 2.75) is 19.8 Å². The summed E-state index contributed by atoms with van der Waals surface area (Å²) >= 11 is 0. The quantitative estimate of drug-likeness (QED) is 0.558. The Kier molecular flexibility index (Phi) is 6.65. The number of halogens is 1. The number of benzene rings is 2. The topological polar surface area (TPSA) is 106 Å². The summed E-state index contributed by atoms with van der Waals surface area (Å²) < 4.78 is 20.1. The van der Waals surface area contributed by atoms with E-state index in [1.807, 2.05) is 13.0 Å². The van der Waals surface area contributed by atoms with Gasteiger partial charge in [-0.3, -0.25) is 4.79 Å². The van der Waals surface area contributed by atoms with E-state index in [1.54, 1.807) is 30.3 Å². The molecule has 3 rings (SSSR count). The van der Waals surface area contributed by atoms with Crippen LogP contribution in [-0.4, -0.2) is 28.8 Å². The van der Waals surface area contributed by atoms with Crippen molar-refractivity contribution in [1.82, 2.24) is 15.1 Å². The molecule has 2 aromatic carbocycles. The SMILES string of the molecule is CCOc1ccccc1C(=O)NCCCc1nn(-c2ccc(F)cc2)c(N)c1C#N. The number of nitrogens with two attached hydrogens (primary N) is 1. The number of carbonyl (C=O) groups excluding carboxylic acids is 1. The van der Waals surface area contributed by atoms with E-state index in [0.717, 1.165) is 0 Å². The van der Waals surface area contributed by atoms with Crippen LogP contribution < -0.4 is 15.8 Å². The summed E-state index contributed by atoms with van der Waals surface area (Å²) in [6.07, 6.45) is 1.02. The number of ether oxygens (including phenoxy) is 1. The van der Waals surface area contributed by atoms with Crippen LogP contribution >= 0.6 is 0 Å². The van der Waals surface area contributed by atoms with Crippen molar-refractivity contribution < 1.29 is 13.9 Å². The molecule has 8 heteroatoms. The highest BCUT2D eigenvalue weighted by Gasteiger charge is 2.17. The fourth-order valence-corrected chi connectivity index (χ4v) is 3.04. The average Bonchev–Trinajstić information content (AvgIpc) is 3.07. The third kappa shape index (κ3) is 4.58. The Bertz CT molecular complexity index is 1070. The van der Waals surface area contributed by atoms with E-state index in [-0.39, 0.29) is 23.1 Å². The molecule has 154 valence electrons. The van der Waals surface area contributed by atoms with Crippen LogP contribution in [-0.2, 0) is 6.42 Å². The summed E-state index contributed by atoms with van der Waals surface area (Å²) in [6, 6.07) is 14.8. The van der Waals surface area contributed by atoms with E-state index >= 15 is 0 Å². The number of carbonyl (C=O) groups is 1. The number of aryl methyl sites for hydroxylation is 1. The first-order chi connectivity index (χ1) is 14.5. The number of nitrogens with zero attached hydrogens (tertiary/aromatic N) is 3. The van der Waals surface area contributed by atoms with Crippen LogP contribution in [0.1, 0.15) is 35.0 Å². The molecule has 0 aliphatic heterocycles. The predicted molar refractivity (Wildman–Crippen MR) is 111 cm³/mol. The highest BCUT2D eigenvalue weighted by molar-refractivity contribution is 5.96. The van der Waals surface area contributed by atoms with Gasteiger partial charge in [0.15, 0.2) is 0 Å². The van der Waals surface area contributed by atoms with E-state index in [9.17, 15) is 14.4 Å². The fourth-order valence-electron chi connectivity index (χ4n) is 3.04. The van der Waals surface area contributed by atoms with Gasteiger partial charge in [0.25, 0.3) is 5.91 Å². The number of hydrogen-bond acceptors (Lipinski definition) is 5. The van der Waals surface area contributed by atoms with Crippen molar-refractivity contribution in [1.29, 1.82) is 5.26 Å². The minimum absolute atomic E-state index is 0.203. The Hall–Kier alpha value is -3.86. The second-order valence-corrected chi connectivity index (χ2v) is 6.50. The van der Waals surface area contributed by atoms with Gasteiger partial charge in [-0.15, -0.1) is 0 Å². The third-order valence-electron chi connectivity index (χ3n) is 4.48. The molecule has 1 aromatic heterocycles. The molecular weight excluding hydrogens is 385 g/mol. The smallest absolute Gasteiger partial charge is 0.255 e. The highest BCUT2D eigenvalue weighted by Crippen LogP contribution is 2.22. The normalized spacial score (nSPS) is 10.4. The van der Waals surface area contributed by atoms with Gasteiger partial charge in [-0.05, 0) is 56.2 Å². The minimum Gasteiger partial charge on any atom is -0.493 e. The standard InChI is InChI=1S/C22H22FN5O2/c1-2-30-20-8-4-3-6-17(20)22(29)26-13-5-7-19-18(14-24)21(25)28(27-19)16-11-9-15(23)10-12-16/h3-4,6,8-12H,2,5,7,13,25H2,1H3,(H,26,29). The van der Waals surface area contributed by atoms with Gasteiger partial charge in [-0.2, -0.15) is 10.4 Å². The number of anilines is 1. The van der Waals surface area contributed by atoms with Crippen LogP contribution in [0.15, 0.2) is 48.5 Å². The maximum atomic E-state index is 13.2. The zero-order valence-corrected chi connectivity index (χ0v) is 16.6. The predicted octanol–water partition coefficient (Wildman–Crippen LogP) is 3.23. The molecule has 1 amide bonds. The number of hydrogen-bond donors (Lipinski definition) is 2. The Morgan fingerprint density at radius 1 is 1.27 bits per heavy atom.